The summed E-state index contributed by atoms with van der Waals surface area (Å²) in [5.74, 6) is -1.23. The van der Waals surface area contributed by atoms with Gasteiger partial charge in [0.05, 0.1) is 10.7 Å². The van der Waals surface area contributed by atoms with Gasteiger partial charge >= 0.3 is 0 Å². The van der Waals surface area contributed by atoms with Crippen LogP contribution in [0.1, 0.15) is 33.6 Å². The molecule has 2 atom stereocenters. The highest BCUT2D eigenvalue weighted by atomic mass is 35.5. The van der Waals surface area contributed by atoms with Gasteiger partial charge in [-0.05, 0) is 25.8 Å². The third-order valence-corrected chi connectivity index (χ3v) is 4.53. The molecule has 5 heteroatoms. The third-order valence-electron chi connectivity index (χ3n) is 4.25. The van der Waals surface area contributed by atoms with E-state index in [4.69, 9.17) is 11.6 Å². The topological polar surface area (TPSA) is 15.3 Å². The van der Waals surface area contributed by atoms with Crippen LogP contribution in [0.5, 0.6) is 0 Å². The highest BCUT2D eigenvalue weighted by Gasteiger charge is 2.35. The Morgan fingerprint density at radius 3 is 2.65 bits per heavy atom. The zero-order valence-corrected chi connectivity index (χ0v) is 12.9. The zero-order valence-electron chi connectivity index (χ0n) is 12.1. The van der Waals surface area contributed by atoms with Gasteiger partial charge in [0, 0.05) is 30.7 Å². The molecule has 0 aliphatic carbocycles. The second-order valence-electron chi connectivity index (χ2n) is 5.70. The van der Waals surface area contributed by atoms with Crippen LogP contribution in [0.25, 0.3) is 0 Å². The molecule has 1 N–H and O–H groups in total. The van der Waals surface area contributed by atoms with Crippen molar-refractivity contribution in [3.63, 3.8) is 0 Å². The van der Waals surface area contributed by atoms with E-state index in [9.17, 15) is 8.78 Å². The largest absolute Gasteiger partial charge is 0.362 e. The van der Waals surface area contributed by atoms with E-state index >= 15 is 0 Å². The quantitative estimate of drug-likeness (QED) is 0.908. The van der Waals surface area contributed by atoms with Crippen molar-refractivity contribution in [3.05, 3.63) is 28.8 Å². The van der Waals surface area contributed by atoms with Crippen molar-refractivity contribution in [2.45, 2.75) is 45.2 Å². The van der Waals surface area contributed by atoms with Crippen LogP contribution in [0.3, 0.4) is 0 Å². The Balaban J connectivity index is 2.42. The molecule has 112 valence electrons. The first kappa shape index (κ1) is 15.5. The lowest BCUT2D eigenvalue weighted by atomic mass is 9.92. The van der Waals surface area contributed by atoms with Crippen molar-refractivity contribution in [2.75, 3.05) is 18.0 Å². The van der Waals surface area contributed by atoms with Crippen molar-refractivity contribution in [3.8, 4) is 0 Å². The number of benzene rings is 1. The fraction of sp³-hybridized carbons (Fsp3) is 0.600. The Morgan fingerprint density at radius 2 is 2.10 bits per heavy atom. The van der Waals surface area contributed by atoms with E-state index < -0.39 is 11.6 Å². The average Bonchev–Trinajstić information content (AvgIpc) is 2.38. The number of rotatable bonds is 3. The Bertz CT molecular complexity index is 472. The normalized spacial score (nSPS) is 26.9. The summed E-state index contributed by atoms with van der Waals surface area (Å²) in [6.07, 6.45) is 1.81. The number of nitrogens with zero attached hydrogens (tertiary/aromatic N) is 1. The van der Waals surface area contributed by atoms with Crippen molar-refractivity contribution in [2.24, 2.45) is 0 Å². The first-order chi connectivity index (χ1) is 9.40. The molecule has 2 nitrogen and oxygen atoms in total. The summed E-state index contributed by atoms with van der Waals surface area (Å²) in [6, 6.07) is 2.24. The van der Waals surface area contributed by atoms with Gasteiger partial charge in [-0.2, -0.15) is 0 Å². The molecule has 0 spiro atoms. The molecule has 2 unspecified atom stereocenters. The van der Waals surface area contributed by atoms with Gasteiger partial charge in [-0.25, -0.2) is 8.78 Å². The Labute approximate surface area is 124 Å². The summed E-state index contributed by atoms with van der Waals surface area (Å²) in [5.41, 5.74) is 0.233. The molecule has 0 aromatic heterocycles. The Morgan fingerprint density at radius 1 is 1.40 bits per heavy atom. The minimum atomic E-state index is -0.641. The maximum absolute atomic E-state index is 14.2. The van der Waals surface area contributed by atoms with E-state index in [2.05, 4.69) is 26.1 Å². The van der Waals surface area contributed by atoms with Crippen LogP contribution in [0.4, 0.5) is 14.5 Å². The first-order valence-corrected chi connectivity index (χ1v) is 7.44. The predicted molar refractivity (Wildman–Crippen MR) is 79.5 cm³/mol. The van der Waals surface area contributed by atoms with Gasteiger partial charge < -0.3 is 10.2 Å². The number of piperazine rings is 1. The van der Waals surface area contributed by atoms with Gasteiger partial charge in [-0.3, -0.25) is 0 Å². The Hall–Kier alpha value is -0.870. The smallest absolute Gasteiger partial charge is 0.150 e. The monoisotopic (exact) mass is 302 g/mol. The lowest BCUT2D eigenvalue weighted by Crippen LogP contribution is -2.63. The van der Waals surface area contributed by atoms with E-state index in [1.165, 1.54) is 6.07 Å². The van der Waals surface area contributed by atoms with E-state index in [-0.39, 0.29) is 16.6 Å². The average molecular weight is 303 g/mol. The summed E-state index contributed by atoms with van der Waals surface area (Å²) >= 11 is 6.08. The molecular weight excluding hydrogens is 282 g/mol. The minimum absolute atomic E-state index is 0.0875. The summed E-state index contributed by atoms with van der Waals surface area (Å²) in [6.45, 7) is 7.70. The second kappa shape index (κ2) is 5.86. The van der Waals surface area contributed by atoms with Crippen LogP contribution in [0.15, 0.2) is 12.1 Å². The molecule has 2 rings (SSSR count). The molecule has 1 aliphatic heterocycles. The van der Waals surface area contributed by atoms with Crippen molar-refractivity contribution >= 4 is 17.3 Å². The number of halogens is 3. The minimum Gasteiger partial charge on any atom is -0.362 e. The highest BCUT2D eigenvalue weighted by molar-refractivity contribution is 6.33. The molecule has 0 amide bonds. The van der Waals surface area contributed by atoms with Crippen LogP contribution in [-0.2, 0) is 0 Å². The van der Waals surface area contributed by atoms with Crippen molar-refractivity contribution in [1.82, 2.24) is 5.32 Å². The maximum atomic E-state index is 14.2. The van der Waals surface area contributed by atoms with Gasteiger partial charge in [0.2, 0.25) is 0 Å². The number of hydrogen-bond acceptors (Lipinski definition) is 2. The molecule has 1 aromatic rings. The van der Waals surface area contributed by atoms with Crippen LogP contribution in [0.2, 0.25) is 5.02 Å². The zero-order chi connectivity index (χ0) is 14.9. The summed E-state index contributed by atoms with van der Waals surface area (Å²) in [7, 11) is 0. The predicted octanol–water partition coefficient (Wildman–Crippen LogP) is 3.98. The van der Waals surface area contributed by atoms with Gasteiger partial charge in [0.1, 0.15) is 5.82 Å². The molecule has 0 saturated carbocycles. The van der Waals surface area contributed by atoms with E-state index in [0.717, 1.165) is 25.5 Å². The van der Waals surface area contributed by atoms with Gasteiger partial charge in [0.15, 0.2) is 5.82 Å². The standard InChI is InChI=1S/C15H21ClF2N2/c1-4-11-8-19-15(3,5-2)9-20(11)14-12(16)6-10(17)7-13(14)18/h6-7,11,19H,4-5,8-9H2,1-3H3. The van der Waals surface area contributed by atoms with Crippen LogP contribution >= 0.6 is 11.6 Å². The highest BCUT2D eigenvalue weighted by Crippen LogP contribution is 2.35. The second-order valence-corrected chi connectivity index (χ2v) is 6.11. The van der Waals surface area contributed by atoms with Gasteiger partial charge in [-0.1, -0.05) is 25.4 Å². The molecular formula is C15H21ClF2N2. The van der Waals surface area contributed by atoms with Gasteiger partial charge in [-0.15, -0.1) is 0 Å². The third kappa shape index (κ3) is 2.91. The van der Waals surface area contributed by atoms with E-state index in [1.54, 1.807) is 0 Å². The lowest BCUT2D eigenvalue weighted by molar-refractivity contribution is 0.274. The lowest BCUT2D eigenvalue weighted by Gasteiger charge is -2.47. The van der Waals surface area contributed by atoms with Crippen LogP contribution in [0, 0.1) is 11.6 Å². The van der Waals surface area contributed by atoms with Crippen molar-refractivity contribution < 1.29 is 8.78 Å². The molecule has 0 radical (unpaired) electrons. The molecule has 1 fully saturated rings. The number of hydrogen-bond donors (Lipinski definition) is 1. The molecule has 1 saturated heterocycles. The van der Waals surface area contributed by atoms with Crippen LogP contribution < -0.4 is 10.2 Å². The van der Waals surface area contributed by atoms with Crippen molar-refractivity contribution in [1.29, 1.82) is 0 Å². The molecule has 20 heavy (non-hydrogen) atoms. The SMILES string of the molecule is CCC1CNC(C)(CC)CN1c1c(F)cc(F)cc1Cl. The summed E-state index contributed by atoms with van der Waals surface area (Å²) in [5, 5.41) is 3.66. The molecule has 1 heterocycles. The molecule has 0 bridgehead atoms. The summed E-state index contributed by atoms with van der Waals surface area (Å²) in [4.78, 5) is 1.98. The molecule has 1 aliphatic rings. The first-order valence-electron chi connectivity index (χ1n) is 7.06. The van der Waals surface area contributed by atoms with E-state index in [1.807, 2.05) is 4.90 Å². The maximum Gasteiger partial charge on any atom is 0.150 e. The number of nitrogens with one attached hydrogen (secondary N) is 1. The fourth-order valence-electron chi connectivity index (χ4n) is 2.71. The number of anilines is 1. The fourth-order valence-corrected chi connectivity index (χ4v) is 3.01. The Kier molecular flexibility index (Phi) is 4.55. The van der Waals surface area contributed by atoms with Gasteiger partial charge in [0.25, 0.3) is 0 Å². The summed E-state index contributed by atoms with van der Waals surface area (Å²) < 4.78 is 27.4. The van der Waals surface area contributed by atoms with Crippen LogP contribution in [-0.4, -0.2) is 24.7 Å². The molecule has 1 aromatic carbocycles. The van der Waals surface area contributed by atoms with E-state index in [0.29, 0.717) is 12.2 Å².